The van der Waals surface area contributed by atoms with Gasteiger partial charge in [-0.05, 0) is 48.5 Å². The average molecular weight is 343 g/mol. The van der Waals surface area contributed by atoms with Crippen molar-refractivity contribution in [2.24, 2.45) is 0 Å². The number of ether oxygens (including phenoxy) is 1. The van der Waals surface area contributed by atoms with Gasteiger partial charge in [-0.15, -0.1) is 0 Å². The van der Waals surface area contributed by atoms with Gasteiger partial charge in [0.1, 0.15) is 12.4 Å². The maximum absolute atomic E-state index is 5.85. The summed E-state index contributed by atoms with van der Waals surface area (Å²) in [5.41, 5.74) is 2.04. The molecule has 0 aliphatic heterocycles. The first-order valence-electron chi connectivity index (χ1n) is 6.79. The summed E-state index contributed by atoms with van der Waals surface area (Å²) in [6.07, 6.45) is 1.79. The second-order valence-corrected chi connectivity index (χ2v) is 5.52. The minimum atomic E-state index is 0.601. The summed E-state index contributed by atoms with van der Waals surface area (Å²) in [4.78, 5) is 4.33. The summed E-state index contributed by atoms with van der Waals surface area (Å²) in [6, 6.07) is 18.0. The number of nitrogens with one attached hydrogen (secondary N) is 1. The Bertz CT molecular complexity index is 723. The van der Waals surface area contributed by atoms with Crippen molar-refractivity contribution >= 4 is 32.5 Å². The molecule has 0 atom stereocenters. The van der Waals surface area contributed by atoms with Gasteiger partial charge in [0, 0.05) is 28.3 Å². The molecule has 21 heavy (non-hydrogen) atoms. The zero-order valence-electron chi connectivity index (χ0n) is 11.4. The van der Waals surface area contributed by atoms with Crippen molar-refractivity contribution in [1.82, 2.24) is 4.98 Å². The highest BCUT2D eigenvalue weighted by Crippen LogP contribution is 2.23. The number of hydrogen-bond donors (Lipinski definition) is 1. The smallest absolute Gasteiger partial charge is 0.128 e. The van der Waals surface area contributed by atoms with E-state index in [2.05, 4.69) is 26.2 Å². The Hall–Kier alpha value is -2.07. The van der Waals surface area contributed by atoms with Crippen molar-refractivity contribution < 1.29 is 4.74 Å². The van der Waals surface area contributed by atoms with E-state index in [0.29, 0.717) is 6.61 Å². The molecule has 4 heteroatoms. The summed E-state index contributed by atoms with van der Waals surface area (Å²) in [5, 5.41) is 4.37. The third-order valence-electron chi connectivity index (χ3n) is 3.14. The molecule has 3 nitrogen and oxygen atoms in total. The predicted octanol–water partition coefficient (Wildman–Crippen LogP) is 4.49. The zero-order chi connectivity index (χ0) is 14.5. The lowest BCUT2D eigenvalue weighted by Gasteiger charge is -2.10. The van der Waals surface area contributed by atoms with E-state index in [4.69, 9.17) is 4.74 Å². The number of anilines is 1. The van der Waals surface area contributed by atoms with E-state index in [1.165, 1.54) is 0 Å². The minimum Gasteiger partial charge on any atom is -0.491 e. The number of halogens is 1. The van der Waals surface area contributed by atoms with Crippen molar-refractivity contribution in [2.75, 3.05) is 18.5 Å². The standard InChI is InChI=1S/C17H15BrN2O/c18-13-6-8-14(9-7-13)19-11-12-21-17-5-1-4-16-15(17)3-2-10-20-16/h1-10,19H,11-12H2. The second-order valence-electron chi connectivity index (χ2n) is 4.61. The van der Waals surface area contributed by atoms with Crippen LogP contribution in [0.3, 0.4) is 0 Å². The Morgan fingerprint density at radius 1 is 1.00 bits per heavy atom. The third-order valence-corrected chi connectivity index (χ3v) is 3.67. The van der Waals surface area contributed by atoms with Crippen molar-refractivity contribution in [1.29, 1.82) is 0 Å². The molecule has 1 heterocycles. The van der Waals surface area contributed by atoms with E-state index in [-0.39, 0.29) is 0 Å². The molecular weight excluding hydrogens is 328 g/mol. The van der Waals surface area contributed by atoms with Crippen LogP contribution in [0.5, 0.6) is 5.75 Å². The molecule has 0 aliphatic rings. The molecule has 1 N–H and O–H groups in total. The number of hydrogen-bond acceptors (Lipinski definition) is 3. The van der Waals surface area contributed by atoms with Gasteiger partial charge in [0.25, 0.3) is 0 Å². The van der Waals surface area contributed by atoms with Crippen molar-refractivity contribution in [3.05, 3.63) is 65.3 Å². The molecular formula is C17H15BrN2O. The molecule has 0 amide bonds. The van der Waals surface area contributed by atoms with Crippen LogP contribution in [0.1, 0.15) is 0 Å². The number of aromatic nitrogens is 1. The van der Waals surface area contributed by atoms with Gasteiger partial charge in [0.2, 0.25) is 0 Å². The summed E-state index contributed by atoms with van der Waals surface area (Å²) >= 11 is 3.42. The molecule has 0 spiro atoms. The van der Waals surface area contributed by atoms with Gasteiger partial charge < -0.3 is 10.1 Å². The Morgan fingerprint density at radius 2 is 1.86 bits per heavy atom. The second kappa shape index (κ2) is 6.59. The van der Waals surface area contributed by atoms with Crippen molar-refractivity contribution in [3.63, 3.8) is 0 Å². The van der Waals surface area contributed by atoms with Crippen LogP contribution >= 0.6 is 15.9 Å². The van der Waals surface area contributed by atoms with Crippen LogP contribution in [0, 0.1) is 0 Å². The van der Waals surface area contributed by atoms with Crippen molar-refractivity contribution in [3.8, 4) is 5.75 Å². The van der Waals surface area contributed by atoms with Gasteiger partial charge in [0.15, 0.2) is 0 Å². The van der Waals surface area contributed by atoms with Gasteiger partial charge in [0.05, 0.1) is 5.52 Å². The van der Waals surface area contributed by atoms with Crippen molar-refractivity contribution in [2.45, 2.75) is 0 Å². The average Bonchev–Trinajstić information content (AvgIpc) is 2.53. The molecule has 0 radical (unpaired) electrons. The molecule has 0 saturated carbocycles. The molecule has 0 aliphatic carbocycles. The van der Waals surface area contributed by atoms with Crippen LogP contribution in [0.15, 0.2) is 65.3 Å². The molecule has 2 aromatic carbocycles. The van der Waals surface area contributed by atoms with Crippen LogP contribution in [0.25, 0.3) is 10.9 Å². The summed E-state index contributed by atoms with van der Waals surface area (Å²) in [6.45, 7) is 1.35. The lowest BCUT2D eigenvalue weighted by molar-refractivity contribution is 0.337. The highest BCUT2D eigenvalue weighted by atomic mass is 79.9. The fourth-order valence-electron chi connectivity index (χ4n) is 2.13. The lowest BCUT2D eigenvalue weighted by Crippen LogP contribution is -2.11. The molecule has 0 bridgehead atoms. The fraction of sp³-hybridized carbons (Fsp3) is 0.118. The largest absolute Gasteiger partial charge is 0.491 e. The minimum absolute atomic E-state index is 0.601. The third kappa shape index (κ3) is 3.52. The molecule has 0 saturated heterocycles. The number of nitrogens with zero attached hydrogens (tertiary/aromatic N) is 1. The highest BCUT2D eigenvalue weighted by molar-refractivity contribution is 9.10. The SMILES string of the molecule is Brc1ccc(NCCOc2cccc3ncccc23)cc1. The van der Waals surface area contributed by atoms with Crippen LogP contribution < -0.4 is 10.1 Å². The van der Waals surface area contributed by atoms with Gasteiger partial charge in [-0.25, -0.2) is 0 Å². The highest BCUT2D eigenvalue weighted by Gasteiger charge is 2.01. The van der Waals surface area contributed by atoms with E-state index < -0.39 is 0 Å². The summed E-state index contributed by atoms with van der Waals surface area (Å²) in [5.74, 6) is 0.873. The quantitative estimate of drug-likeness (QED) is 0.693. The molecule has 0 fully saturated rings. The zero-order valence-corrected chi connectivity index (χ0v) is 13.0. The summed E-state index contributed by atoms with van der Waals surface area (Å²) < 4.78 is 6.93. The lowest BCUT2D eigenvalue weighted by atomic mass is 10.2. The first kappa shape index (κ1) is 13.9. The summed E-state index contributed by atoms with van der Waals surface area (Å²) in [7, 11) is 0. The maximum Gasteiger partial charge on any atom is 0.128 e. The Morgan fingerprint density at radius 3 is 2.71 bits per heavy atom. The van der Waals surface area contributed by atoms with Crippen LogP contribution in [-0.2, 0) is 0 Å². The van der Waals surface area contributed by atoms with E-state index in [1.54, 1.807) is 6.20 Å². The monoisotopic (exact) mass is 342 g/mol. The first-order chi connectivity index (χ1) is 10.3. The normalized spacial score (nSPS) is 10.5. The first-order valence-corrected chi connectivity index (χ1v) is 7.58. The number of pyridine rings is 1. The Kier molecular flexibility index (Phi) is 4.36. The molecule has 106 valence electrons. The molecule has 0 unspecified atom stereocenters. The molecule has 3 aromatic rings. The van der Waals surface area contributed by atoms with Gasteiger partial charge in [-0.2, -0.15) is 0 Å². The van der Waals surface area contributed by atoms with E-state index in [1.807, 2.05) is 54.6 Å². The Labute approximate surface area is 132 Å². The molecule has 3 rings (SSSR count). The van der Waals surface area contributed by atoms with Gasteiger partial charge >= 0.3 is 0 Å². The van der Waals surface area contributed by atoms with Gasteiger partial charge in [-0.3, -0.25) is 4.98 Å². The Balaban J connectivity index is 1.58. The van der Waals surface area contributed by atoms with E-state index in [0.717, 1.165) is 33.4 Å². The number of rotatable bonds is 5. The van der Waals surface area contributed by atoms with Crippen LogP contribution in [0.4, 0.5) is 5.69 Å². The van der Waals surface area contributed by atoms with E-state index >= 15 is 0 Å². The number of fused-ring (bicyclic) bond motifs is 1. The fourth-order valence-corrected chi connectivity index (χ4v) is 2.39. The number of benzene rings is 2. The van der Waals surface area contributed by atoms with Gasteiger partial charge in [-0.1, -0.05) is 22.0 Å². The maximum atomic E-state index is 5.85. The topological polar surface area (TPSA) is 34.1 Å². The molecule has 1 aromatic heterocycles. The van der Waals surface area contributed by atoms with Crippen LogP contribution in [-0.4, -0.2) is 18.1 Å². The van der Waals surface area contributed by atoms with E-state index in [9.17, 15) is 0 Å². The van der Waals surface area contributed by atoms with Crippen LogP contribution in [0.2, 0.25) is 0 Å². The predicted molar refractivity (Wildman–Crippen MR) is 89.9 cm³/mol.